The van der Waals surface area contributed by atoms with E-state index in [4.69, 9.17) is 9.57 Å². The summed E-state index contributed by atoms with van der Waals surface area (Å²) in [5.41, 5.74) is 3.44. The number of rotatable bonds is 9. The molecule has 1 amide bonds. The van der Waals surface area contributed by atoms with Crippen LogP contribution in [0, 0.1) is 11.6 Å². The van der Waals surface area contributed by atoms with Gasteiger partial charge in [0.15, 0.2) is 6.29 Å². The molecule has 1 aromatic heterocycles. The molecule has 2 atom stereocenters. The van der Waals surface area contributed by atoms with Crippen molar-refractivity contribution in [3.63, 3.8) is 0 Å². The second kappa shape index (κ2) is 12.7. The van der Waals surface area contributed by atoms with Crippen molar-refractivity contribution in [1.82, 2.24) is 20.3 Å². The lowest BCUT2D eigenvalue weighted by atomic mass is 10.0. The molecular formula is C25H31F2N5O3. The Balaban J connectivity index is 1.20. The van der Waals surface area contributed by atoms with E-state index in [1.54, 1.807) is 18.5 Å². The Labute approximate surface area is 203 Å². The van der Waals surface area contributed by atoms with Gasteiger partial charge in [0.1, 0.15) is 17.5 Å². The molecule has 2 N–H and O–H groups in total. The number of nitrogens with zero attached hydrogens (tertiary/aromatic N) is 3. The largest absolute Gasteiger partial charge is 0.365 e. The number of hydroxylamine groups is 1. The highest BCUT2D eigenvalue weighted by Crippen LogP contribution is 2.17. The van der Waals surface area contributed by atoms with Crippen molar-refractivity contribution in [2.24, 2.45) is 0 Å². The Morgan fingerprint density at radius 3 is 2.89 bits per heavy atom. The van der Waals surface area contributed by atoms with Crippen LogP contribution in [0.1, 0.15) is 43.4 Å². The number of carbonyl (C=O) groups is 1. The number of amides is 1. The van der Waals surface area contributed by atoms with Crippen molar-refractivity contribution >= 4 is 17.8 Å². The fourth-order valence-electron chi connectivity index (χ4n) is 4.21. The molecule has 0 aliphatic carbocycles. The number of likely N-dealkylation sites (tertiary alicyclic amines) is 1. The van der Waals surface area contributed by atoms with Crippen LogP contribution in [-0.4, -0.2) is 59.3 Å². The van der Waals surface area contributed by atoms with Gasteiger partial charge in [0.05, 0.1) is 18.1 Å². The van der Waals surface area contributed by atoms with E-state index < -0.39 is 23.8 Å². The topological polar surface area (TPSA) is 88.6 Å². The van der Waals surface area contributed by atoms with Gasteiger partial charge in [0, 0.05) is 44.3 Å². The maximum atomic E-state index is 13.9. The molecule has 188 valence electrons. The van der Waals surface area contributed by atoms with E-state index in [9.17, 15) is 13.6 Å². The molecule has 2 fully saturated rings. The summed E-state index contributed by atoms with van der Waals surface area (Å²) in [6.45, 7) is 3.09. The molecule has 0 spiro atoms. The zero-order valence-electron chi connectivity index (χ0n) is 19.6. The molecule has 0 saturated carbocycles. The number of hydrogen-bond donors (Lipinski definition) is 2. The van der Waals surface area contributed by atoms with Crippen molar-refractivity contribution < 1.29 is 23.1 Å². The number of benzene rings is 1. The zero-order chi connectivity index (χ0) is 24.5. The number of aromatic nitrogens is 2. The fraction of sp³-hybridized carbons (Fsp3) is 0.480. The number of hydrogen-bond acceptors (Lipinski definition) is 7. The maximum absolute atomic E-state index is 13.9. The second-order valence-electron chi connectivity index (χ2n) is 8.81. The number of carbonyl (C=O) groups excluding carboxylic acids is 1. The van der Waals surface area contributed by atoms with Gasteiger partial charge < -0.3 is 15.0 Å². The van der Waals surface area contributed by atoms with Crippen LogP contribution in [0.5, 0.6) is 0 Å². The number of anilines is 1. The van der Waals surface area contributed by atoms with Crippen LogP contribution in [0.3, 0.4) is 0 Å². The molecule has 8 nitrogen and oxygen atoms in total. The van der Waals surface area contributed by atoms with E-state index in [0.717, 1.165) is 51.3 Å². The minimum Gasteiger partial charge on any atom is -0.365 e. The SMILES string of the molecule is O=C(/C=C/c1cnc(N[C@@H]2CCCN(CCc3ccc(F)cc3F)C2)cn1)NOC1CCCCO1. The maximum Gasteiger partial charge on any atom is 0.267 e. The van der Waals surface area contributed by atoms with Gasteiger partial charge in [-0.25, -0.2) is 24.1 Å². The third-order valence-electron chi connectivity index (χ3n) is 6.08. The van der Waals surface area contributed by atoms with Crippen LogP contribution < -0.4 is 10.8 Å². The first-order valence-corrected chi connectivity index (χ1v) is 12.1. The lowest BCUT2D eigenvalue weighted by Gasteiger charge is -2.33. The first kappa shape index (κ1) is 25.2. The van der Waals surface area contributed by atoms with Gasteiger partial charge in [0.25, 0.3) is 5.91 Å². The van der Waals surface area contributed by atoms with Gasteiger partial charge >= 0.3 is 0 Å². The van der Waals surface area contributed by atoms with Gasteiger partial charge in [-0.15, -0.1) is 0 Å². The van der Waals surface area contributed by atoms with Crippen LogP contribution in [0.15, 0.2) is 36.7 Å². The predicted molar refractivity (Wildman–Crippen MR) is 127 cm³/mol. The molecule has 35 heavy (non-hydrogen) atoms. The molecule has 2 aliphatic rings. The average molecular weight is 488 g/mol. The highest BCUT2D eigenvalue weighted by atomic mass is 19.1. The van der Waals surface area contributed by atoms with Crippen LogP contribution in [-0.2, 0) is 20.8 Å². The Morgan fingerprint density at radius 2 is 2.11 bits per heavy atom. The summed E-state index contributed by atoms with van der Waals surface area (Å²) in [7, 11) is 0. The van der Waals surface area contributed by atoms with E-state index >= 15 is 0 Å². The van der Waals surface area contributed by atoms with Crippen LogP contribution in [0.2, 0.25) is 0 Å². The van der Waals surface area contributed by atoms with Crippen LogP contribution >= 0.6 is 0 Å². The first-order chi connectivity index (χ1) is 17.0. The fourth-order valence-corrected chi connectivity index (χ4v) is 4.21. The molecular weight excluding hydrogens is 456 g/mol. The predicted octanol–water partition coefficient (Wildman–Crippen LogP) is 3.46. The average Bonchev–Trinajstić information content (AvgIpc) is 2.87. The van der Waals surface area contributed by atoms with Gasteiger partial charge in [-0.2, -0.15) is 0 Å². The summed E-state index contributed by atoms with van der Waals surface area (Å²) in [6, 6.07) is 3.93. The van der Waals surface area contributed by atoms with E-state index in [-0.39, 0.29) is 6.04 Å². The Bertz CT molecular complexity index is 999. The number of ether oxygens (including phenoxy) is 1. The Morgan fingerprint density at radius 1 is 1.20 bits per heavy atom. The first-order valence-electron chi connectivity index (χ1n) is 12.1. The van der Waals surface area contributed by atoms with Crippen molar-refractivity contribution in [3.8, 4) is 0 Å². The molecule has 1 aromatic carbocycles. The van der Waals surface area contributed by atoms with Gasteiger partial charge in [-0.1, -0.05) is 6.07 Å². The molecule has 2 aliphatic heterocycles. The van der Waals surface area contributed by atoms with Crippen molar-refractivity contribution in [3.05, 3.63) is 59.6 Å². The van der Waals surface area contributed by atoms with E-state index in [2.05, 4.69) is 25.7 Å². The molecule has 2 aromatic rings. The molecule has 3 heterocycles. The number of halogens is 2. The Hall–Kier alpha value is -2.95. The van der Waals surface area contributed by atoms with E-state index in [1.807, 2.05) is 0 Å². The zero-order valence-corrected chi connectivity index (χ0v) is 19.6. The highest BCUT2D eigenvalue weighted by molar-refractivity contribution is 5.90. The summed E-state index contributed by atoms with van der Waals surface area (Å²) < 4.78 is 32.4. The van der Waals surface area contributed by atoms with Crippen molar-refractivity contribution in [2.45, 2.75) is 50.9 Å². The lowest BCUT2D eigenvalue weighted by Crippen LogP contribution is -2.43. The number of nitrogens with one attached hydrogen (secondary N) is 2. The van der Waals surface area contributed by atoms with Crippen LogP contribution in [0.4, 0.5) is 14.6 Å². The Kier molecular flexibility index (Phi) is 9.10. The minimum atomic E-state index is -0.557. The van der Waals surface area contributed by atoms with Gasteiger partial charge in [-0.3, -0.25) is 9.78 Å². The summed E-state index contributed by atoms with van der Waals surface area (Å²) in [5.74, 6) is -0.797. The molecule has 10 heteroatoms. The standard InChI is InChI=1S/C25H31F2N5O3/c26-19-7-6-18(22(27)14-19)10-12-32-11-3-4-21(17-32)30-23-16-28-20(15-29-23)8-9-24(33)31-35-25-5-1-2-13-34-25/h6-9,14-16,21,25H,1-5,10-13,17H2,(H,29,30)(H,31,33)/b9-8+/t21-,25?/m1/s1. The van der Waals surface area contributed by atoms with Crippen molar-refractivity contribution in [2.75, 3.05) is 31.6 Å². The summed E-state index contributed by atoms with van der Waals surface area (Å²) in [5, 5.41) is 3.40. The normalized spacial score (nSPS) is 21.2. The van der Waals surface area contributed by atoms with Gasteiger partial charge in [0.2, 0.25) is 0 Å². The van der Waals surface area contributed by atoms with E-state index in [0.29, 0.717) is 36.6 Å². The monoisotopic (exact) mass is 487 g/mol. The van der Waals surface area contributed by atoms with Crippen LogP contribution in [0.25, 0.3) is 6.08 Å². The molecule has 1 unspecified atom stereocenters. The molecule has 4 rings (SSSR count). The summed E-state index contributed by atoms with van der Waals surface area (Å²) >= 11 is 0. The molecule has 0 bridgehead atoms. The lowest BCUT2D eigenvalue weighted by molar-refractivity contribution is -0.198. The molecule has 0 radical (unpaired) electrons. The minimum absolute atomic E-state index is 0.197. The summed E-state index contributed by atoms with van der Waals surface area (Å²) in [6.07, 6.45) is 11.1. The van der Waals surface area contributed by atoms with Crippen molar-refractivity contribution in [1.29, 1.82) is 0 Å². The van der Waals surface area contributed by atoms with E-state index in [1.165, 1.54) is 18.2 Å². The van der Waals surface area contributed by atoms with Gasteiger partial charge in [-0.05, 0) is 56.4 Å². The quantitative estimate of drug-likeness (QED) is 0.414. The second-order valence-corrected chi connectivity index (χ2v) is 8.81. The third-order valence-corrected chi connectivity index (χ3v) is 6.08. The third kappa shape index (κ3) is 8.05. The summed E-state index contributed by atoms with van der Waals surface area (Å²) in [4.78, 5) is 28.2. The number of piperidine rings is 1. The highest BCUT2D eigenvalue weighted by Gasteiger charge is 2.20. The molecule has 2 saturated heterocycles. The smallest absolute Gasteiger partial charge is 0.267 e.